The fourth-order valence-corrected chi connectivity index (χ4v) is 1.26. The fourth-order valence-electron chi connectivity index (χ4n) is 1.13. The van der Waals surface area contributed by atoms with Gasteiger partial charge in [-0.15, -0.1) is 0 Å². The first kappa shape index (κ1) is 11.7. The van der Waals surface area contributed by atoms with Crippen molar-refractivity contribution in [3.05, 3.63) is 34.9 Å². The van der Waals surface area contributed by atoms with Crippen molar-refractivity contribution in [3.63, 3.8) is 0 Å². The van der Waals surface area contributed by atoms with Crippen molar-refractivity contribution in [1.82, 2.24) is 0 Å². The van der Waals surface area contributed by atoms with Crippen molar-refractivity contribution < 1.29 is 9.59 Å². The quantitative estimate of drug-likeness (QED) is 0.798. The van der Waals surface area contributed by atoms with E-state index in [0.29, 0.717) is 10.6 Å². The first-order chi connectivity index (χ1) is 7.00. The van der Waals surface area contributed by atoms with Crippen LogP contribution in [0.3, 0.4) is 0 Å². The van der Waals surface area contributed by atoms with Crippen molar-refractivity contribution in [2.45, 2.75) is 13.3 Å². The molecule has 0 saturated carbocycles. The van der Waals surface area contributed by atoms with Crippen LogP contribution in [0.5, 0.6) is 0 Å². The molecule has 2 N–H and O–H groups in total. The number of amides is 1. The number of carbonyl (C=O) groups is 2. The highest BCUT2D eigenvalue weighted by molar-refractivity contribution is 6.30. The number of primary amides is 1. The molecule has 4 heteroatoms. The number of rotatable bonds is 4. The average Bonchev–Trinajstić information content (AvgIpc) is 2.18. The van der Waals surface area contributed by atoms with Gasteiger partial charge in [-0.05, 0) is 24.3 Å². The molecule has 0 aliphatic carbocycles. The lowest BCUT2D eigenvalue weighted by Crippen LogP contribution is -2.23. The molecule has 1 rings (SSSR count). The van der Waals surface area contributed by atoms with Gasteiger partial charge in [-0.2, -0.15) is 0 Å². The summed E-state index contributed by atoms with van der Waals surface area (Å²) in [5.74, 6) is -0.997. The summed E-state index contributed by atoms with van der Waals surface area (Å²) < 4.78 is 0. The topological polar surface area (TPSA) is 60.2 Å². The number of Topliss-reactive ketones (excluding diaryl/α,β-unsaturated/α-hetero) is 1. The molecule has 1 aromatic carbocycles. The van der Waals surface area contributed by atoms with Crippen molar-refractivity contribution >= 4 is 23.3 Å². The highest BCUT2D eigenvalue weighted by atomic mass is 35.5. The van der Waals surface area contributed by atoms with Crippen LogP contribution in [0.2, 0.25) is 5.02 Å². The van der Waals surface area contributed by atoms with Gasteiger partial charge in [-0.25, -0.2) is 0 Å². The van der Waals surface area contributed by atoms with Crippen molar-refractivity contribution in [1.29, 1.82) is 0 Å². The lowest BCUT2D eigenvalue weighted by atomic mass is 9.99. The SMILES string of the molecule is CC(CC(=O)c1ccc(Cl)cc1)C(N)=O. The summed E-state index contributed by atoms with van der Waals surface area (Å²) in [4.78, 5) is 22.4. The Morgan fingerprint density at radius 2 is 1.87 bits per heavy atom. The Morgan fingerprint density at radius 3 is 2.33 bits per heavy atom. The maximum absolute atomic E-state index is 11.6. The summed E-state index contributed by atoms with van der Waals surface area (Å²) in [6.45, 7) is 1.64. The molecule has 0 aromatic heterocycles. The van der Waals surface area contributed by atoms with Gasteiger partial charge in [-0.3, -0.25) is 9.59 Å². The Morgan fingerprint density at radius 1 is 1.33 bits per heavy atom. The van der Waals surface area contributed by atoms with Crippen molar-refractivity contribution in [2.24, 2.45) is 11.7 Å². The minimum atomic E-state index is -0.461. The van der Waals surface area contributed by atoms with Gasteiger partial charge in [0.15, 0.2) is 5.78 Å². The largest absolute Gasteiger partial charge is 0.369 e. The zero-order chi connectivity index (χ0) is 11.4. The molecule has 1 atom stereocenters. The molecule has 80 valence electrons. The fraction of sp³-hybridized carbons (Fsp3) is 0.273. The molecule has 1 aromatic rings. The van der Waals surface area contributed by atoms with Gasteiger partial charge in [0, 0.05) is 22.9 Å². The van der Waals surface area contributed by atoms with Crippen LogP contribution in [0, 0.1) is 5.92 Å². The van der Waals surface area contributed by atoms with Crippen LogP contribution in [0.4, 0.5) is 0 Å². The summed E-state index contributed by atoms with van der Waals surface area (Å²) in [7, 11) is 0. The molecule has 0 saturated heterocycles. The lowest BCUT2D eigenvalue weighted by molar-refractivity contribution is -0.121. The predicted molar refractivity (Wildman–Crippen MR) is 58.8 cm³/mol. The van der Waals surface area contributed by atoms with E-state index in [-0.39, 0.29) is 12.2 Å². The van der Waals surface area contributed by atoms with Crippen molar-refractivity contribution in [2.75, 3.05) is 0 Å². The van der Waals surface area contributed by atoms with Gasteiger partial charge >= 0.3 is 0 Å². The van der Waals surface area contributed by atoms with E-state index < -0.39 is 11.8 Å². The first-order valence-electron chi connectivity index (χ1n) is 4.59. The molecule has 0 aliphatic rings. The highest BCUT2D eigenvalue weighted by Crippen LogP contribution is 2.13. The zero-order valence-corrected chi connectivity index (χ0v) is 9.12. The molecule has 1 amide bonds. The standard InChI is InChI=1S/C11H12ClNO2/c1-7(11(13)15)6-10(14)8-2-4-9(12)5-3-8/h2-5,7H,6H2,1H3,(H2,13,15). The van der Waals surface area contributed by atoms with E-state index in [1.165, 1.54) is 0 Å². The monoisotopic (exact) mass is 225 g/mol. The molecule has 0 heterocycles. The van der Waals surface area contributed by atoms with Crippen LogP contribution < -0.4 is 5.73 Å². The Kier molecular flexibility index (Phi) is 3.86. The van der Waals surface area contributed by atoms with E-state index in [4.69, 9.17) is 17.3 Å². The van der Waals surface area contributed by atoms with Crippen LogP contribution in [0.15, 0.2) is 24.3 Å². The van der Waals surface area contributed by atoms with Gasteiger partial charge < -0.3 is 5.73 Å². The Bertz CT molecular complexity index is 373. The summed E-state index contributed by atoms with van der Waals surface area (Å²) >= 11 is 5.69. The van der Waals surface area contributed by atoms with Gasteiger partial charge in [0.2, 0.25) is 5.91 Å². The number of ketones is 1. The number of halogens is 1. The van der Waals surface area contributed by atoms with Crippen LogP contribution in [-0.4, -0.2) is 11.7 Å². The number of nitrogens with two attached hydrogens (primary N) is 1. The maximum atomic E-state index is 11.6. The second-order valence-electron chi connectivity index (χ2n) is 3.44. The molecule has 1 unspecified atom stereocenters. The second-order valence-corrected chi connectivity index (χ2v) is 3.87. The summed E-state index contributed by atoms with van der Waals surface area (Å²) in [5, 5.41) is 0.578. The summed E-state index contributed by atoms with van der Waals surface area (Å²) in [6.07, 6.45) is 0.136. The second kappa shape index (κ2) is 4.94. The zero-order valence-electron chi connectivity index (χ0n) is 8.37. The lowest BCUT2D eigenvalue weighted by Gasteiger charge is -2.05. The molecule has 0 bridgehead atoms. The van der Waals surface area contributed by atoms with Crippen LogP contribution in [0.1, 0.15) is 23.7 Å². The van der Waals surface area contributed by atoms with E-state index in [0.717, 1.165) is 0 Å². The number of hydrogen-bond donors (Lipinski definition) is 1. The predicted octanol–water partition coefficient (Wildman–Crippen LogP) is 2.03. The molecule has 0 aliphatic heterocycles. The Labute approximate surface area is 93.2 Å². The summed E-state index contributed by atoms with van der Waals surface area (Å²) in [5.41, 5.74) is 5.62. The maximum Gasteiger partial charge on any atom is 0.220 e. The molecule has 0 fully saturated rings. The molecular formula is C11H12ClNO2. The van der Waals surface area contributed by atoms with E-state index in [2.05, 4.69) is 0 Å². The van der Waals surface area contributed by atoms with Gasteiger partial charge in [0.1, 0.15) is 0 Å². The average molecular weight is 226 g/mol. The third-order valence-corrected chi connectivity index (χ3v) is 2.40. The van der Waals surface area contributed by atoms with E-state index in [1.807, 2.05) is 0 Å². The number of hydrogen-bond acceptors (Lipinski definition) is 2. The van der Waals surface area contributed by atoms with Crippen molar-refractivity contribution in [3.8, 4) is 0 Å². The van der Waals surface area contributed by atoms with Crippen LogP contribution in [-0.2, 0) is 4.79 Å². The smallest absolute Gasteiger partial charge is 0.220 e. The Hall–Kier alpha value is -1.35. The first-order valence-corrected chi connectivity index (χ1v) is 4.96. The van der Waals surface area contributed by atoms with Crippen LogP contribution >= 0.6 is 11.6 Å². The van der Waals surface area contributed by atoms with E-state index in [9.17, 15) is 9.59 Å². The van der Waals surface area contributed by atoms with Crippen LogP contribution in [0.25, 0.3) is 0 Å². The molecule has 15 heavy (non-hydrogen) atoms. The van der Waals surface area contributed by atoms with Gasteiger partial charge in [0.25, 0.3) is 0 Å². The molecule has 0 radical (unpaired) electrons. The molecule has 0 spiro atoms. The van der Waals surface area contributed by atoms with E-state index >= 15 is 0 Å². The number of carbonyl (C=O) groups excluding carboxylic acids is 2. The summed E-state index contributed by atoms with van der Waals surface area (Å²) in [6, 6.07) is 6.56. The minimum Gasteiger partial charge on any atom is -0.369 e. The molecule has 3 nitrogen and oxygen atoms in total. The molecular weight excluding hydrogens is 214 g/mol. The third kappa shape index (κ3) is 3.36. The normalized spacial score (nSPS) is 12.1. The van der Waals surface area contributed by atoms with Gasteiger partial charge in [0.05, 0.1) is 0 Å². The minimum absolute atomic E-state index is 0.0991. The third-order valence-electron chi connectivity index (χ3n) is 2.14. The van der Waals surface area contributed by atoms with E-state index in [1.54, 1.807) is 31.2 Å². The highest BCUT2D eigenvalue weighted by Gasteiger charge is 2.15. The number of benzene rings is 1. The van der Waals surface area contributed by atoms with Gasteiger partial charge in [-0.1, -0.05) is 18.5 Å². The Balaban J connectivity index is 2.69.